The highest BCUT2D eigenvalue weighted by Gasteiger charge is 2.03. The van der Waals surface area contributed by atoms with Gasteiger partial charge in [0.1, 0.15) is 0 Å². The van der Waals surface area contributed by atoms with Gasteiger partial charge in [-0.3, -0.25) is 4.98 Å². The number of pyridine rings is 1. The number of hydrogen-bond acceptors (Lipinski definition) is 2. The molecule has 0 N–H and O–H groups in total. The summed E-state index contributed by atoms with van der Waals surface area (Å²) in [6, 6.07) is 2.05. The van der Waals surface area contributed by atoms with Crippen molar-refractivity contribution in [3.05, 3.63) is 28.6 Å². The minimum Gasteiger partial charge on any atom is -0.252 e. The first-order valence-corrected chi connectivity index (χ1v) is 4.39. The summed E-state index contributed by atoms with van der Waals surface area (Å²) in [7, 11) is 0. The molecule has 0 aliphatic carbocycles. The second-order valence-electron chi connectivity index (χ2n) is 3.09. The van der Waals surface area contributed by atoms with Gasteiger partial charge >= 0.3 is 0 Å². The fraction of sp³-hybridized carbons (Fsp3) is 0.400. The molecule has 1 heterocycles. The van der Waals surface area contributed by atoms with Gasteiger partial charge in [0.2, 0.25) is 0 Å². The first-order chi connectivity index (χ1) is 5.52. The molecule has 0 aliphatic heterocycles. The molecule has 0 radical (unpaired) electrons. The summed E-state index contributed by atoms with van der Waals surface area (Å²) in [4.78, 5) is 5.25. The van der Waals surface area contributed by atoms with Crippen LogP contribution in [-0.2, 0) is 0 Å². The van der Waals surface area contributed by atoms with Crippen molar-refractivity contribution in [3.63, 3.8) is 0 Å². The fourth-order valence-electron chi connectivity index (χ4n) is 1.08. The molecule has 12 heavy (non-hydrogen) atoms. The molecule has 0 atom stereocenters. The summed E-state index contributed by atoms with van der Waals surface area (Å²) in [6.45, 7) is 8.10. The number of aryl methyl sites for hydroxylation is 2. The van der Waals surface area contributed by atoms with E-state index in [1.54, 1.807) is 0 Å². The molecule has 1 nitrogen and oxygen atoms in total. The Labute approximate surface area is 78.8 Å². The van der Waals surface area contributed by atoms with Crippen LogP contribution < -0.4 is 0 Å². The van der Waals surface area contributed by atoms with Crippen LogP contribution in [0.15, 0.2) is 6.07 Å². The first-order valence-electron chi connectivity index (χ1n) is 3.98. The molecule has 1 aromatic rings. The topological polar surface area (TPSA) is 12.9 Å². The van der Waals surface area contributed by atoms with Crippen molar-refractivity contribution in [2.45, 2.75) is 27.7 Å². The van der Waals surface area contributed by atoms with E-state index in [1.807, 2.05) is 19.9 Å². The minimum atomic E-state index is 0.862. The van der Waals surface area contributed by atoms with Gasteiger partial charge in [0.05, 0.1) is 5.69 Å². The Bertz CT molecular complexity index is 306. The van der Waals surface area contributed by atoms with Gasteiger partial charge in [0.25, 0.3) is 0 Å². The average Bonchev–Trinajstić information content (AvgIpc) is 1.99. The molecule has 2 heteroatoms. The lowest BCUT2D eigenvalue weighted by Crippen LogP contribution is -2.00. The van der Waals surface area contributed by atoms with Crippen LogP contribution in [0.2, 0.25) is 0 Å². The van der Waals surface area contributed by atoms with Crippen molar-refractivity contribution in [2.24, 2.45) is 0 Å². The van der Waals surface area contributed by atoms with Crippen molar-refractivity contribution in [3.8, 4) is 0 Å². The number of nitrogens with zero attached hydrogens (tertiary/aromatic N) is 1. The number of rotatable bonds is 1. The Hall–Kier alpha value is -0.760. The van der Waals surface area contributed by atoms with Crippen LogP contribution in [0.3, 0.4) is 0 Å². The molecular formula is C10H13NS. The van der Waals surface area contributed by atoms with Crippen LogP contribution in [0, 0.1) is 20.8 Å². The monoisotopic (exact) mass is 179 g/mol. The van der Waals surface area contributed by atoms with Crippen LogP contribution in [-0.4, -0.2) is 9.85 Å². The summed E-state index contributed by atoms with van der Waals surface area (Å²) in [5, 5.41) is 0. The van der Waals surface area contributed by atoms with Crippen LogP contribution in [0.25, 0.3) is 0 Å². The van der Waals surface area contributed by atoms with E-state index >= 15 is 0 Å². The van der Waals surface area contributed by atoms with Crippen molar-refractivity contribution < 1.29 is 0 Å². The van der Waals surface area contributed by atoms with Gasteiger partial charge < -0.3 is 0 Å². The van der Waals surface area contributed by atoms with E-state index in [1.165, 1.54) is 11.1 Å². The van der Waals surface area contributed by atoms with E-state index in [0.717, 1.165) is 16.3 Å². The highest BCUT2D eigenvalue weighted by molar-refractivity contribution is 7.80. The zero-order chi connectivity index (χ0) is 9.30. The Morgan fingerprint density at radius 1 is 1.33 bits per heavy atom. The smallest absolute Gasteiger partial charge is 0.0772 e. The highest BCUT2D eigenvalue weighted by atomic mass is 32.1. The van der Waals surface area contributed by atoms with Crippen LogP contribution in [0.1, 0.15) is 29.4 Å². The molecule has 0 unspecified atom stereocenters. The van der Waals surface area contributed by atoms with E-state index in [4.69, 9.17) is 12.2 Å². The van der Waals surface area contributed by atoms with Crippen LogP contribution in [0.4, 0.5) is 0 Å². The predicted octanol–water partition coefficient (Wildman–Crippen LogP) is 2.74. The van der Waals surface area contributed by atoms with E-state index in [2.05, 4.69) is 18.8 Å². The zero-order valence-corrected chi connectivity index (χ0v) is 8.75. The number of aromatic nitrogens is 1. The average molecular weight is 179 g/mol. The first kappa shape index (κ1) is 9.33. The standard InChI is InChI=1S/C10H13NS/c1-6-5-10(9(4)12)11-8(3)7(6)2/h5H,1-4H3. The van der Waals surface area contributed by atoms with Gasteiger partial charge in [-0.25, -0.2) is 0 Å². The van der Waals surface area contributed by atoms with E-state index < -0.39 is 0 Å². The van der Waals surface area contributed by atoms with Gasteiger partial charge in [-0.2, -0.15) is 0 Å². The van der Waals surface area contributed by atoms with E-state index in [-0.39, 0.29) is 0 Å². The van der Waals surface area contributed by atoms with Gasteiger partial charge in [0, 0.05) is 10.6 Å². The molecule has 0 spiro atoms. The molecule has 64 valence electrons. The summed E-state index contributed by atoms with van der Waals surface area (Å²) in [6.07, 6.45) is 0. The molecule has 0 aromatic carbocycles. The summed E-state index contributed by atoms with van der Waals surface area (Å²) < 4.78 is 0. The van der Waals surface area contributed by atoms with Crippen LogP contribution in [0.5, 0.6) is 0 Å². The quantitative estimate of drug-likeness (QED) is 0.485. The minimum absolute atomic E-state index is 0.862. The molecule has 0 saturated heterocycles. The maximum absolute atomic E-state index is 5.06. The Balaban J connectivity index is 3.31. The second-order valence-corrected chi connectivity index (χ2v) is 3.70. The Kier molecular flexibility index (Phi) is 2.58. The lowest BCUT2D eigenvalue weighted by molar-refractivity contribution is 1.11. The summed E-state index contributed by atoms with van der Waals surface area (Å²) in [5.74, 6) is 0. The van der Waals surface area contributed by atoms with E-state index in [0.29, 0.717) is 0 Å². The van der Waals surface area contributed by atoms with Crippen molar-refractivity contribution >= 4 is 17.1 Å². The third kappa shape index (κ3) is 1.69. The van der Waals surface area contributed by atoms with Gasteiger partial charge in [-0.05, 0) is 44.9 Å². The third-order valence-corrected chi connectivity index (χ3v) is 2.35. The van der Waals surface area contributed by atoms with Crippen molar-refractivity contribution in [2.75, 3.05) is 0 Å². The third-order valence-electron chi connectivity index (χ3n) is 2.14. The van der Waals surface area contributed by atoms with Crippen molar-refractivity contribution in [1.82, 2.24) is 4.98 Å². The lowest BCUT2D eigenvalue weighted by Gasteiger charge is -2.06. The number of thiocarbonyl (C=S) groups is 1. The molecule has 0 aliphatic rings. The van der Waals surface area contributed by atoms with E-state index in [9.17, 15) is 0 Å². The molecule has 1 aromatic heterocycles. The SMILES string of the molecule is CC(=S)c1cc(C)c(C)c(C)n1. The Morgan fingerprint density at radius 3 is 2.33 bits per heavy atom. The molecule has 1 rings (SSSR count). The largest absolute Gasteiger partial charge is 0.252 e. The van der Waals surface area contributed by atoms with Gasteiger partial charge in [0.15, 0.2) is 0 Å². The maximum atomic E-state index is 5.06. The molecule has 0 bridgehead atoms. The lowest BCUT2D eigenvalue weighted by atomic mass is 10.1. The fourth-order valence-corrected chi connectivity index (χ4v) is 1.18. The van der Waals surface area contributed by atoms with Crippen molar-refractivity contribution in [1.29, 1.82) is 0 Å². The maximum Gasteiger partial charge on any atom is 0.0772 e. The Morgan fingerprint density at radius 2 is 1.92 bits per heavy atom. The molecule has 0 fully saturated rings. The normalized spacial score (nSPS) is 10.0. The zero-order valence-electron chi connectivity index (χ0n) is 7.93. The second kappa shape index (κ2) is 3.31. The predicted molar refractivity (Wildman–Crippen MR) is 55.8 cm³/mol. The highest BCUT2D eigenvalue weighted by Crippen LogP contribution is 2.12. The molecule has 0 saturated carbocycles. The summed E-state index contributed by atoms with van der Waals surface area (Å²) in [5.41, 5.74) is 4.54. The number of hydrogen-bond donors (Lipinski definition) is 0. The van der Waals surface area contributed by atoms with Gasteiger partial charge in [-0.15, -0.1) is 0 Å². The molecular weight excluding hydrogens is 166 g/mol. The van der Waals surface area contributed by atoms with Crippen LogP contribution >= 0.6 is 12.2 Å². The summed E-state index contributed by atoms with van der Waals surface area (Å²) >= 11 is 5.06. The van der Waals surface area contributed by atoms with Gasteiger partial charge in [-0.1, -0.05) is 12.2 Å². The molecule has 0 amide bonds.